The van der Waals surface area contributed by atoms with E-state index in [0.717, 1.165) is 12.0 Å². The summed E-state index contributed by atoms with van der Waals surface area (Å²) >= 11 is 13.0. The van der Waals surface area contributed by atoms with E-state index >= 15 is 0 Å². The Bertz CT molecular complexity index is 782. The van der Waals surface area contributed by atoms with Crippen molar-refractivity contribution in [3.8, 4) is 5.75 Å². The van der Waals surface area contributed by atoms with Crippen molar-refractivity contribution >= 4 is 45.8 Å². The first kappa shape index (κ1) is 18.2. The Morgan fingerprint density at radius 1 is 1.20 bits per heavy atom. The lowest BCUT2D eigenvalue weighted by Gasteiger charge is -2.15. The van der Waals surface area contributed by atoms with E-state index in [9.17, 15) is 4.79 Å². The van der Waals surface area contributed by atoms with Crippen LogP contribution in [0.5, 0.6) is 5.75 Å². The van der Waals surface area contributed by atoms with Gasteiger partial charge in [0.25, 0.3) is 0 Å². The van der Waals surface area contributed by atoms with Crippen LogP contribution in [0.2, 0.25) is 5.02 Å². The maximum atomic E-state index is 12.7. The third-order valence-corrected chi connectivity index (χ3v) is 5.99. The molecular weight excluding hydrogens is 374 g/mol. The average molecular weight is 392 g/mol. The molecule has 1 atom stereocenters. The molecule has 1 heterocycles. The SMILES string of the molecule is COc1ccc(C[C@H]2SC(=S)N(CCc3ccccc3)C2=O)cc1Cl. The fourth-order valence-electron chi connectivity index (χ4n) is 2.77. The van der Waals surface area contributed by atoms with Crippen LogP contribution >= 0.6 is 35.6 Å². The second-order valence-corrected chi connectivity index (χ2v) is 8.01. The monoisotopic (exact) mass is 391 g/mol. The molecule has 0 saturated carbocycles. The summed E-state index contributed by atoms with van der Waals surface area (Å²) in [6.07, 6.45) is 1.41. The lowest BCUT2D eigenvalue weighted by molar-refractivity contribution is -0.126. The van der Waals surface area contributed by atoms with E-state index in [4.69, 9.17) is 28.6 Å². The number of hydrogen-bond donors (Lipinski definition) is 0. The summed E-state index contributed by atoms with van der Waals surface area (Å²) in [5.41, 5.74) is 2.21. The standard InChI is InChI=1S/C19H18ClNO2S2/c1-23-16-8-7-14(11-15(16)20)12-17-18(22)21(19(24)25-17)10-9-13-5-3-2-4-6-13/h2-8,11,17H,9-10,12H2,1H3/t17-/m1/s1. The maximum absolute atomic E-state index is 12.7. The molecule has 25 heavy (non-hydrogen) atoms. The van der Waals surface area contributed by atoms with Crippen molar-refractivity contribution in [3.63, 3.8) is 0 Å². The van der Waals surface area contributed by atoms with Crippen LogP contribution < -0.4 is 4.74 Å². The Kier molecular flexibility index (Phi) is 5.99. The summed E-state index contributed by atoms with van der Waals surface area (Å²) in [5, 5.41) is 0.367. The van der Waals surface area contributed by atoms with Gasteiger partial charge in [-0.2, -0.15) is 0 Å². The van der Waals surface area contributed by atoms with Crippen molar-refractivity contribution in [1.29, 1.82) is 0 Å². The molecule has 0 bridgehead atoms. The molecule has 2 aromatic rings. The Balaban J connectivity index is 1.63. The second kappa shape index (κ2) is 8.21. The normalized spacial score (nSPS) is 17.2. The Hall–Kier alpha value is -1.56. The molecule has 130 valence electrons. The molecule has 3 rings (SSSR count). The molecule has 1 fully saturated rings. The van der Waals surface area contributed by atoms with E-state index < -0.39 is 0 Å². The van der Waals surface area contributed by atoms with Crippen LogP contribution in [0, 0.1) is 0 Å². The van der Waals surface area contributed by atoms with Gasteiger partial charge in [-0.15, -0.1) is 0 Å². The number of hydrogen-bond acceptors (Lipinski definition) is 4. The molecular formula is C19H18ClNO2S2. The summed E-state index contributed by atoms with van der Waals surface area (Å²) in [5.74, 6) is 0.716. The molecule has 0 aromatic heterocycles. The summed E-state index contributed by atoms with van der Waals surface area (Å²) < 4.78 is 5.82. The van der Waals surface area contributed by atoms with Gasteiger partial charge in [-0.3, -0.25) is 9.69 Å². The van der Waals surface area contributed by atoms with Gasteiger partial charge in [0.15, 0.2) is 0 Å². The summed E-state index contributed by atoms with van der Waals surface area (Å²) in [6.45, 7) is 0.620. The zero-order valence-electron chi connectivity index (χ0n) is 13.8. The molecule has 1 amide bonds. The molecule has 1 aliphatic rings. The van der Waals surface area contributed by atoms with Gasteiger partial charge in [-0.05, 0) is 36.1 Å². The van der Waals surface area contributed by atoms with Crippen LogP contribution in [0.4, 0.5) is 0 Å². The first-order valence-electron chi connectivity index (χ1n) is 7.97. The Morgan fingerprint density at radius 3 is 2.64 bits per heavy atom. The number of ether oxygens (including phenoxy) is 1. The lowest BCUT2D eigenvalue weighted by Crippen LogP contribution is -2.33. The van der Waals surface area contributed by atoms with Gasteiger partial charge in [0.2, 0.25) is 5.91 Å². The molecule has 1 aliphatic heterocycles. The van der Waals surface area contributed by atoms with Crippen molar-refractivity contribution in [1.82, 2.24) is 4.90 Å². The van der Waals surface area contributed by atoms with E-state index in [1.54, 1.807) is 12.0 Å². The van der Waals surface area contributed by atoms with Gasteiger partial charge in [-0.25, -0.2) is 0 Å². The van der Waals surface area contributed by atoms with Gasteiger partial charge in [0, 0.05) is 6.54 Å². The summed E-state index contributed by atoms with van der Waals surface area (Å²) in [7, 11) is 1.58. The van der Waals surface area contributed by atoms with E-state index in [1.165, 1.54) is 17.3 Å². The van der Waals surface area contributed by atoms with Crippen molar-refractivity contribution in [2.75, 3.05) is 13.7 Å². The zero-order valence-corrected chi connectivity index (χ0v) is 16.2. The third-order valence-electron chi connectivity index (χ3n) is 4.11. The minimum Gasteiger partial charge on any atom is -0.495 e. The third kappa shape index (κ3) is 4.35. The summed E-state index contributed by atoms with van der Waals surface area (Å²) in [4.78, 5) is 14.4. The number of rotatable bonds is 6. The minimum atomic E-state index is -0.187. The van der Waals surface area contributed by atoms with Gasteiger partial charge >= 0.3 is 0 Å². The van der Waals surface area contributed by atoms with Crippen molar-refractivity contribution in [3.05, 3.63) is 64.7 Å². The van der Waals surface area contributed by atoms with Gasteiger partial charge in [-0.1, -0.05) is 72.0 Å². The summed E-state index contributed by atoms with van der Waals surface area (Å²) in [6, 6.07) is 15.7. The van der Waals surface area contributed by atoms with E-state index in [-0.39, 0.29) is 11.2 Å². The van der Waals surface area contributed by atoms with Crippen molar-refractivity contribution in [2.45, 2.75) is 18.1 Å². The van der Waals surface area contributed by atoms with Gasteiger partial charge < -0.3 is 4.74 Å². The number of amides is 1. The minimum absolute atomic E-state index is 0.0814. The largest absolute Gasteiger partial charge is 0.495 e. The molecule has 6 heteroatoms. The highest BCUT2D eigenvalue weighted by Gasteiger charge is 2.36. The smallest absolute Gasteiger partial charge is 0.241 e. The average Bonchev–Trinajstić information content (AvgIpc) is 2.87. The number of carbonyl (C=O) groups is 1. The predicted octanol–water partition coefficient (Wildman–Crippen LogP) is 4.36. The fraction of sp³-hybridized carbons (Fsp3) is 0.263. The highest BCUT2D eigenvalue weighted by molar-refractivity contribution is 8.24. The number of carbonyl (C=O) groups excluding carboxylic acids is 1. The lowest BCUT2D eigenvalue weighted by atomic mass is 10.1. The number of thiocarbonyl (C=S) groups is 1. The van der Waals surface area contributed by atoms with E-state index in [1.807, 2.05) is 36.4 Å². The highest BCUT2D eigenvalue weighted by Crippen LogP contribution is 2.32. The van der Waals surface area contributed by atoms with Crippen LogP contribution in [0.15, 0.2) is 48.5 Å². The maximum Gasteiger partial charge on any atom is 0.241 e. The highest BCUT2D eigenvalue weighted by atomic mass is 35.5. The molecule has 0 spiro atoms. The topological polar surface area (TPSA) is 29.5 Å². The second-order valence-electron chi connectivity index (χ2n) is 5.77. The van der Waals surface area contributed by atoms with Gasteiger partial charge in [0.05, 0.1) is 17.4 Å². The van der Waals surface area contributed by atoms with E-state index in [2.05, 4.69) is 12.1 Å². The molecule has 0 unspecified atom stereocenters. The van der Waals surface area contributed by atoms with Crippen molar-refractivity contribution < 1.29 is 9.53 Å². The van der Waals surface area contributed by atoms with Gasteiger partial charge in [0.1, 0.15) is 10.1 Å². The number of nitrogens with zero attached hydrogens (tertiary/aromatic N) is 1. The van der Waals surface area contributed by atoms with E-state index in [0.29, 0.717) is 28.1 Å². The Labute approximate surface area is 162 Å². The molecule has 1 saturated heterocycles. The molecule has 3 nitrogen and oxygen atoms in total. The number of halogens is 1. The van der Waals surface area contributed by atoms with Crippen LogP contribution in [0.25, 0.3) is 0 Å². The first-order valence-corrected chi connectivity index (χ1v) is 9.63. The predicted molar refractivity (Wildman–Crippen MR) is 108 cm³/mol. The molecule has 0 N–H and O–H groups in total. The first-order chi connectivity index (χ1) is 12.1. The number of benzene rings is 2. The quantitative estimate of drug-likeness (QED) is 0.684. The van der Waals surface area contributed by atoms with Crippen LogP contribution in [0.3, 0.4) is 0 Å². The molecule has 2 aromatic carbocycles. The van der Waals surface area contributed by atoms with Crippen LogP contribution in [0.1, 0.15) is 11.1 Å². The molecule has 0 aliphatic carbocycles. The number of thioether (sulfide) groups is 1. The van der Waals surface area contributed by atoms with Crippen molar-refractivity contribution in [2.24, 2.45) is 0 Å². The number of methoxy groups -OCH3 is 1. The Morgan fingerprint density at radius 2 is 1.96 bits per heavy atom. The molecule has 0 radical (unpaired) electrons. The zero-order chi connectivity index (χ0) is 17.8. The van der Waals surface area contributed by atoms with Crippen LogP contribution in [-0.4, -0.2) is 34.0 Å². The van der Waals surface area contributed by atoms with Crippen LogP contribution in [-0.2, 0) is 17.6 Å². The fourth-order valence-corrected chi connectivity index (χ4v) is 4.63.